The Morgan fingerprint density at radius 3 is 1.58 bits per heavy atom. The lowest BCUT2D eigenvalue weighted by Gasteiger charge is -2.42. The van der Waals surface area contributed by atoms with Crippen molar-refractivity contribution in [3.63, 3.8) is 0 Å². The van der Waals surface area contributed by atoms with Gasteiger partial charge >= 0.3 is 0 Å². The number of piperidine rings is 2. The van der Waals surface area contributed by atoms with E-state index in [1.807, 2.05) is 5.32 Å². The maximum absolute atomic E-state index is 13.1. The summed E-state index contributed by atoms with van der Waals surface area (Å²) >= 11 is 0. The Kier molecular flexibility index (Phi) is 4.34. The molecule has 2 aliphatic rings. The van der Waals surface area contributed by atoms with E-state index in [4.69, 9.17) is 38.4 Å². The summed E-state index contributed by atoms with van der Waals surface area (Å²) in [6.07, 6.45) is -14.7. The number of nitrogens with zero attached hydrogens (tertiary/aromatic N) is 2. The molecule has 0 unspecified atom stereocenters. The standard InChI is InChI=1S/C20H24N2O.C19H24N2O/c1-17(23)20(21-19-10-6-3-7-11-19)12-14-22(15-13-20)16-18-8-4-2-5-9-18;22-16-19(20-18-9-5-2-6-10-18)11-13-21(14-12-19)15-17-7-3-1-4-8-17/h2-11,21H,12-16H2,1H3;1-10,20,22H,11-16H2/i3D,6D,7D,10D,11D,12D2,13D2,14D2,15D2;2D,5D,6D,9D,10D,11D2,12D2,13D2,14D2,16D2. The molecule has 0 atom stereocenters. The molecule has 2 saturated heterocycles. The molecule has 2 fully saturated rings. The number of carbonyl (C=O) groups excluding carboxylic acids is 1. The van der Waals surface area contributed by atoms with E-state index in [0.29, 0.717) is 10.5 Å². The lowest BCUT2D eigenvalue weighted by molar-refractivity contribution is -0.122. The molecule has 4 aromatic carbocycles. The van der Waals surface area contributed by atoms with Crippen molar-refractivity contribution in [2.24, 2.45) is 0 Å². The van der Waals surface area contributed by atoms with Gasteiger partial charge in [-0.25, -0.2) is 0 Å². The van der Waals surface area contributed by atoms with E-state index < -0.39 is 160 Å². The normalized spacial score (nSPS) is 36.1. The molecule has 4 aromatic rings. The number of anilines is 2. The molecule has 0 aromatic heterocycles. The largest absolute Gasteiger partial charge is 0.394 e. The van der Waals surface area contributed by atoms with Crippen LogP contribution in [0.15, 0.2) is 121 Å². The van der Waals surface area contributed by atoms with Crippen molar-refractivity contribution in [1.29, 1.82) is 0 Å². The highest BCUT2D eigenvalue weighted by Gasteiger charge is 2.38. The third kappa shape index (κ3) is 9.27. The van der Waals surface area contributed by atoms with Gasteiger partial charge in [-0.05, 0) is 67.7 Å². The van der Waals surface area contributed by atoms with Crippen LogP contribution in [0.5, 0.6) is 0 Å². The number of rotatable bonds is 10. The lowest BCUT2D eigenvalue weighted by Crippen LogP contribution is -2.53. The summed E-state index contributed by atoms with van der Waals surface area (Å²) in [4.78, 5) is 13.7. The number of ketones is 1. The molecule has 0 amide bonds. The summed E-state index contributed by atoms with van der Waals surface area (Å²) in [7, 11) is 0. The van der Waals surface area contributed by atoms with E-state index in [1.54, 1.807) is 36.4 Å². The summed E-state index contributed by atoms with van der Waals surface area (Å²) in [5.41, 5.74) is -8.51. The highest BCUT2D eigenvalue weighted by molar-refractivity contribution is 5.89. The lowest BCUT2D eigenvalue weighted by atomic mass is 9.83. The van der Waals surface area contributed by atoms with Crippen LogP contribution in [0.4, 0.5) is 11.4 Å². The van der Waals surface area contributed by atoms with E-state index in [0.717, 1.165) is 6.92 Å². The van der Waals surface area contributed by atoms with Crippen LogP contribution in [0, 0.1) is 0 Å². The number of Topliss-reactive ketones (excluding diaryl/α,β-unsaturated/α-hetero) is 1. The molecular weight excluding hydrogens is 556 g/mol. The van der Waals surface area contributed by atoms with Gasteiger partial charge in [0, 0.05) is 72.4 Å². The van der Waals surface area contributed by atoms with Crippen LogP contribution in [0.1, 0.15) is 81.9 Å². The minimum atomic E-state index is -4.09. The van der Waals surface area contributed by atoms with Crippen molar-refractivity contribution in [3.05, 3.63) is 132 Å². The fourth-order valence-electron chi connectivity index (χ4n) is 3.89. The number of hydrogen-bond acceptors (Lipinski definition) is 6. The van der Waals surface area contributed by atoms with Gasteiger partial charge in [0.25, 0.3) is 0 Å². The van der Waals surface area contributed by atoms with Crippen LogP contribution in [0.25, 0.3) is 0 Å². The molecule has 0 aliphatic carbocycles. The van der Waals surface area contributed by atoms with Crippen molar-refractivity contribution >= 4 is 17.2 Å². The molecule has 45 heavy (non-hydrogen) atoms. The molecule has 0 radical (unpaired) electrons. The average molecular weight is 633 g/mol. The maximum atomic E-state index is 13.1. The Morgan fingerprint density at radius 1 is 0.733 bits per heavy atom. The van der Waals surface area contributed by atoms with Gasteiger partial charge in [0.2, 0.25) is 0 Å². The zero-order valence-corrected chi connectivity index (χ0v) is 23.9. The predicted molar refractivity (Wildman–Crippen MR) is 185 cm³/mol. The van der Waals surface area contributed by atoms with Gasteiger partial charge in [0.15, 0.2) is 5.78 Å². The molecule has 6 heteroatoms. The zero-order valence-electron chi connectivity index (χ0n) is 51.9. The van der Waals surface area contributed by atoms with E-state index in [1.165, 1.54) is 24.3 Å². The average Bonchev–Trinajstić information content (AvgIpc) is 3.28. The second-order valence-electron chi connectivity index (χ2n) is 9.51. The Labute approximate surface area is 308 Å². The third-order valence-corrected chi connectivity index (χ3v) is 6.20. The van der Waals surface area contributed by atoms with Crippen molar-refractivity contribution < 1.29 is 48.3 Å². The Hall–Kier alpha value is -3.97. The van der Waals surface area contributed by atoms with Crippen LogP contribution in [-0.4, -0.2) is 64.3 Å². The molecular formula is C39H48N4O2. The Bertz CT molecular complexity index is 2660. The van der Waals surface area contributed by atoms with Gasteiger partial charge < -0.3 is 15.7 Å². The highest BCUT2D eigenvalue weighted by Crippen LogP contribution is 2.29. The van der Waals surface area contributed by atoms with E-state index in [2.05, 4.69) is 5.32 Å². The number of benzene rings is 4. The molecule has 3 N–H and O–H groups in total. The minimum absolute atomic E-state index is 0.239. The van der Waals surface area contributed by atoms with Crippen LogP contribution in [0.2, 0.25) is 0 Å². The van der Waals surface area contributed by atoms with Crippen molar-refractivity contribution in [1.82, 2.24) is 9.80 Å². The van der Waals surface area contributed by atoms with Crippen LogP contribution < -0.4 is 10.6 Å². The van der Waals surface area contributed by atoms with Gasteiger partial charge in [-0.2, -0.15) is 0 Å². The van der Waals surface area contributed by atoms with Crippen molar-refractivity contribution in [3.8, 4) is 0 Å². The maximum Gasteiger partial charge on any atom is 0.155 e. The van der Waals surface area contributed by atoms with E-state index in [-0.39, 0.29) is 10.5 Å². The number of aliphatic hydroxyl groups is 1. The smallest absolute Gasteiger partial charge is 0.155 e. The first-order valence-corrected chi connectivity index (χ1v) is 13.5. The SMILES string of the molecule is [2H]c1c([2H])c([2H])c(NC2(C(C)=O)C([2H])([2H])C([2H])([2H])N(Cc3ccccc3)C([2H])([2H])C2([2H])[2H])c([2H])c1[2H].[2H]c1c([2H])c([2H])c(NC2(C([2H])([2H])O)C([2H])([2H])C([2H])([2H])N(Cc3ccccc3)C([2H])([2H])C2([2H])[2H])c([2H])c1[2H]. The molecule has 6 rings (SSSR count). The van der Waals surface area contributed by atoms with Gasteiger partial charge in [0.05, 0.1) is 34.1 Å². The Morgan fingerprint density at radius 2 is 1.16 bits per heavy atom. The van der Waals surface area contributed by atoms with Gasteiger partial charge in [-0.15, -0.1) is 0 Å². The fourth-order valence-corrected chi connectivity index (χ4v) is 3.89. The minimum Gasteiger partial charge on any atom is -0.394 e. The number of hydrogen-bond donors (Lipinski definition) is 3. The van der Waals surface area contributed by atoms with Crippen molar-refractivity contribution in [2.75, 3.05) is 43.2 Å². The second kappa shape index (κ2) is 15.8. The summed E-state index contributed by atoms with van der Waals surface area (Å²) < 4.78 is 234. The van der Waals surface area contributed by atoms with Crippen LogP contribution in [-0.2, 0) is 17.9 Å². The number of para-hydroxylation sites is 2. The highest BCUT2D eigenvalue weighted by atomic mass is 16.3. The fraction of sp³-hybridized carbons (Fsp3) is 0.359. The summed E-state index contributed by atoms with van der Waals surface area (Å²) in [6.45, 7) is -18.3. The molecule has 2 heterocycles. The molecule has 0 saturated carbocycles. The first-order valence-electron chi connectivity index (χ1n) is 27.5. The first kappa shape index (κ1) is 12.3. The first-order chi connectivity index (χ1) is 32.9. The van der Waals surface area contributed by atoms with E-state index >= 15 is 0 Å². The number of carbonyl (C=O) groups is 1. The summed E-state index contributed by atoms with van der Waals surface area (Å²) in [5.74, 6) is -1.36. The van der Waals surface area contributed by atoms with Crippen molar-refractivity contribution in [2.45, 2.75) is 56.6 Å². The molecule has 0 spiro atoms. The molecule has 0 bridgehead atoms. The third-order valence-electron chi connectivity index (χ3n) is 6.20. The van der Waals surface area contributed by atoms with Gasteiger partial charge in [-0.1, -0.05) is 96.9 Å². The summed E-state index contributed by atoms with van der Waals surface area (Å²) in [5, 5.41) is 14.6. The molecule has 2 aliphatic heterocycles. The zero-order chi connectivity index (χ0) is 56.2. The van der Waals surface area contributed by atoms with Gasteiger partial charge in [-0.3, -0.25) is 14.6 Å². The monoisotopic (exact) mass is 633 g/mol. The van der Waals surface area contributed by atoms with Gasteiger partial charge in [0.1, 0.15) is 0 Å². The topological polar surface area (TPSA) is 67.8 Å². The Balaban J connectivity index is 0.000000271. The van der Waals surface area contributed by atoms with Crippen LogP contribution >= 0.6 is 0 Å². The summed E-state index contributed by atoms with van der Waals surface area (Å²) in [6, 6.07) is 6.34. The molecule has 6 nitrogen and oxygen atoms in total. The van der Waals surface area contributed by atoms with Crippen LogP contribution in [0.3, 0.4) is 0 Å². The number of likely N-dealkylation sites (tertiary alicyclic amines) is 2. The second-order valence-corrected chi connectivity index (χ2v) is 9.51. The molecule has 236 valence electrons. The quantitative estimate of drug-likeness (QED) is 0.178. The van der Waals surface area contributed by atoms with E-state index in [9.17, 15) is 9.90 Å². The number of nitrogens with one attached hydrogen (secondary N) is 2. The predicted octanol–water partition coefficient (Wildman–Crippen LogP) is 6.85.